The zero-order chi connectivity index (χ0) is 11.0. The summed E-state index contributed by atoms with van der Waals surface area (Å²) in [6.07, 6.45) is 6.71. The molecule has 1 aromatic heterocycles. The zero-order valence-electron chi connectivity index (χ0n) is 9.37. The maximum Gasteiger partial charge on any atom is 0.0490 e. The highest BCUT2D eigenvalue weighted by molar-refractivity contribution is 5.83. The molecule has 84 valence electrons. The van der Waals surface area contributed by atoms with Crippen LogP contribution in [0.2, 0.25) is 0 Å². The molecule has 0 radical (unpaired) electrons. The second-order valence-electron chi connectivity index (χ2n) is 5.05. The van der Waals surface area contributed by atoms with Crippen molar-refractivity contribution in [3.63, 3.8) is 0 Å². The van der Waals surface area contributed by atoms with E-state index in [0.29, 0.717) is 6.61 Å². The van der Waals surface area contributed by atoms with E-state index in [1.54, 1.807) is 0 Å². The summed E-state index contributed by atoms with van der Waals surface area (Å²) in [7, 11) is 0. The first kappa shape index (κ1) is 9.91. The number of H-pyrrole nitrogens is 1. The number of rotatable bonds is 3. The van der Waals surface area contributed by atoms with E-state index in [4.69, 9.17) is 0 Å². The number of aliphatic hydroxyl groups excluding tert-OH is 1. The van der Waals surface area contributed by atoms with E-state index in [1.165, 1.54) is 35.7 Å². The molecular formula is C14H17NO. The Morgan fingerprint density at radius 1 is 1.25 bits per heavy atom. The third-order valence-electron chi connectivity index (χ3n) is 3.99. The molecular weight excluding hydrogens is 198 g/mol. The third kappa shape index (κ3) is 1.45. The lowest BCUT2D eigenvalue weighted by molar-refractivity contribution is 0.0453. The molecule has 1 aromatic carbocycles. The van der Waals surface area contributed by atoms with Gasteiger partial charge in [0.25, 0.3) is 0 Å². The standard InChI is InChI=1S/C14H17NO/c16-10-14(6-3-7-14)8-11-9-15-13-5-2-1-4-12(11)13/h1-2,4-5,9,15-16H,3,6-8,10H2. The van der Waals surface area contributed by atoms with Gasteiger partial charge in [-0.3, -0.25) is 0 Å². The van der Waals surface area contributed by atoms with Crippen molar-refractivity contribution in [2.24, 2.45) is 5.41 Å². The molecule has 0 bridgehead atoms. The highest BCUT2D eigenvalue weighted by Crippen LogP contribution is 2.44. The van der Waals surface area contributed by atoms with Crippen LogP contribution in [-0.4, -0.2) is 16.7 Å². The van der Waals surface area contributed by atoms with Gasteiger partial charge in [-0.1, -0.05) is 24.6 Å². The first-order valence-electron chi connectivity index (χ1n) is 5.99. The Labute approximate surface area is 95.3 Å². The van der Waals surface area contributed by atoms with E-state index >= 15 is 0 Å². The fourth-order valence-electron chi connectivity index (χ4n) is 2.75. The number of aliphatic hydroxyl groups is 1. The largest absolute Gasteiger partial charge is 0.396 e. The molecule has 0 amide bonds. The second kappa shape index (κ2) is 3.63. The average molecular weight is 215 g/mol. The van der Waals surface area contributed by atoms with Gasteiger partial charge in [-0.2, -0.15) is 0 Å². The first-order valence-corrected chi connectivity index (χ1v) is 5.99. The van der Waals surface area contributed by atoms with E-state index in [1.807, 2.05) is 6.07 Å². The molecule has 0 aliphatic heterocycles. The van der Waals surface area contributed by atoms with Crippen molar-refractivity contribution in [3.05, 3.63) is 36.0 Å². The van der Waals surface area contributed by atoms with Crippen LogP contribution in [0.1, 0.15) is 24.8 Å². The van der Waals surface area contributed by atoms with Gasteiger partial charge < -0.3 is 10.1 Å². The lowest BCUT2D eigenvalue weighted by Crippen LogP contribution is -2.35. The summed E-state index contributed by atoms with van der Waals surface area (Å²) in [5, 5.41) is 10.8. The van der Waals surface area contributed by atoms with Crippen LogP contribution in [0.15, 0.2) is 30.5 Å². The number of hydrogen-bond donors (Lipinski definition) is 2. The van der Waals surface area contributed by atoms with E-state index in [2.05, 4.69) is 29.4 Å². The van der Waals surface area contributed by atoms with E-state index in [-0.39, 0.29) is 5.41 Å². The molecule has 0 spiro atoms. The minimum absolute atomic E-state index is 0.172. The Morgan fingerprint density at radius 2 is 2.06 bits per heavy atom. The molecule has 1 fully saturated rings. The lowest BCUT2D eigenvalue weighted by Gasteiger charge is -2.40. The van der Waals surface area contributed by atoms with Crippen molar-refractivity contribution in [2.75, 3.05) is 6.61 Å². The van der Waals surface area contributed by atoms with Gasteiger partial charge in [0.2, 0.25) is 0 Å². The average Bonchev–Trinajstić information content (AvgIpc) is 2.67. The molecule has 1 aliphatic rings. The molecule has 0 saturated heterocycles. The fourth-order valence-corrected chi connectivity index (χ4v) is 2.75. The monoisotopic (exact) mass is 215 g/mol. The van der Waals surface area contributed by atoms with Gasteiger partial charge in [-0.25, -0.2) is 0 Å². The number of benzene rings is 1. The molecule has 0 atom stereocenters. The second-order valence-corrected chi connectivity index (χ2v) is 5.05. The highest BCUT2D eigenvalue weighted by atomic mass is 16.3. The van der Waals surface area contributed by atoms with E-state index < -0.39 is 0 Å². The van der Waals surface area contributed by atoms with Crippen LogP contribution in [0, 0.1) is 5.41 Å². The van der Waals surface area contributed by atoms with Crippen molar-refractivity contribution in [1.29, 1.82) is 0 Å². The van der Waals surface area contributed by atoms with Crippen molar-refractivity contribution in [3.8, 4) is 0 Å². The number of hydrogen-bond acceptors (Lipinski definition) is 1. The van der Waals surface area contributed by atoms with Gasteiger partial charge in [-0.05, 0) is 36.3 Å². The summed E-state index contributed by atoms with van der Waals surface area (Å²) in [5.74, 6) is 0. The minimum Gasteiger partial charge on any atom is -0.396 e. The number of nitrogens with one attached hydrogen (secondary N) is 1. The summed E-state index contributed by atoms with van der Waals surface area (Å²) in [6, 6.07) is 8.38. The maximum absolute atomic E-state index is 9.50. The van der Waals surface area contributed by atoms with E-state index in [9.17, 15) is 5.11 Å². The van der Waals surface area contributed by atoms with Crippen molar-refractivity contribution >= 4 is 10.9 Å². The van der Waals surface area contributed by atoms with Crippen molar-refractivity contribution < 1.29 is 5.11 Å². The van der Waals surface area contributed by atoms with Gasteiger partial charge in [0.15, 0.2) is 0 Å². The SMILES string of the molecule is OCC1(Cc2c[nH]c3ccccc23)CCC1. The molecule has 2 heteroatoms. The Bertz CT molecular complexity index is 491. The molecule has 1 aliphatic carbocycles. The molecule has 2 aromatic rings. The molecule has 2 nitrogen and oxygen atoms in total. The number of fused-ring (bicyclic) bond motifs is 1. The lowest BCUT2D eigenvalue weighted by atomic mass is 9.66. The summed E-state index contributed by atoms with van der Waals surface area (Å²) >= 11 is 0. The number of aromatic nitrogens is 1. The smallest absolute Gasteiger partial charge is 0.0490 e. The van der Waals surface area contributed by atoms with Crippen molar-refractivity contribution in [2.45, 2.75) is 25.7 Å². The quantitative estimate of drug-likeness (QED) is 0.811. The van der Waals surface area contributed by atoms with Crippen LogP contribution in [0.25, 0.3) is 10.9 Å². The van der Waals surface area contributed by atoms with E-state index in [0.717, 1.165) is 6.42 Å². The van der Waals surface area contributed by atoms with Gasteiger partial charge in [-0.15, -0.1) is 0 Å². The predicted octanol–water partition coefficient (Wildman–Crippen LogP) is 2.87. The van der Waals surface area contributed by atoms with Crippen molar-refractivity contribution in [1.82, 2.24) is 4.98 Å². The summed E-state index contributed by atoms with van der Waals surface area (Å²) in [5.41, 5.74) is 2.72. The minimum atomic E-state index is 0.172. The van der Waals surface area contributed by atoms with Crippen LogP contribution >= 0.6 is 0 Å². The van der Waals surface area contributed by atoms with Crippen LogP contribution in [0.4, 0.5) is 0 Å². The van der Waals surface area contributed by atoms with Crippen LogP contribution in [0.3, 0.4) is 0 Å². The summed E-state index contributed by atoms with van der Waals surface area (Å²) in [4.78, 5) is 3.30. The third-order valence-corrected chi connectivity index (χ3v) is 3.99. The van der Waals surface area contributed by atoms with Crippen LogP contribution in [0.5, 0.6) is 0 Å². The predicted molar refractivity (Wildman–Crippen MR) is 65.4 cm³/mol. The summed E-state index contributed by atoms with van der Waals surface area (Å²) < 4.78 is 0. The number of para-hydroxylation sites is 1. The Hall–Kier alpha value is -1.28. The summed E-state index contributed by atoms with van der Waals surface area (Å²) in [6.45, 7) is 0.326. The molecule has 1 saturated carbocycles. The molecule has 0 unspecified atom stereocenters. The topological polar surface area (TPSA) is 36.0 Å². The Balaban J connectivity index is 1.94. The first-order chi connectivity index (χ1) is 7.83. The molecule has 3 rings (SSSR count). The van der Waals surface area contributed by atoms with Gasteiger partial charge >= 0.3 is 0 Å². The highest BCUT2D eigenvalue weighted by Gasteiger charge is 2.36. The Morgan fingerprint density at radius 3 is 2.75 bits per heavy atom. The maximum atomic E-state index is 9.50. The van der Waals surface area contributed by atoms with Gasteiger partial charge in [0, 0.05) is 23.7 Å². The molecule has 2 N–H and O–H groups in total. The Kier molecular flexibility index (Phi) is 2.25. The fraction of sp³-hybridized carbons (Fsp3) is 0.429. The zero-order valence-corrected chi connectivity index (χ0v) is 9.37. The van der Waals surface area contributed by atoms with Gasteiger partial charge in [0.05, 0.1) is 0 Å². The number of aromatic amines is 1. The van der Waals surface area contributed by atoms with Gasteiger partial charge in [0.1, 0.15) is 0 Å². The van der Waals surface area contributed by atoms with Crippen LogP contribution in [-0.2, 0) is 6.42 Å². The molecule has 1 heterocycles. The van der Waals surface area contributed by atoms with Crippen LogP contribution < -0.4 is 0 Å². The molecule has 16 heavy (non-hydrogen) atoms. The normalized spacial score (nSPS) is 18.6.